The molecule has 0 fully saturated rings. The van der Waals surface area contributed by atoms with Crippen LogP contribution in [-0.4, -0.2) is 21.2 Å². The number of aryl methyl sites for hydroxylation is 1. The van der Waals surface area contributed by atoms with Crippen LogP contribution < -0.4 is 10.9 Å². The van der Waals surface area contributed by atoms with E-state index in [0.717, 1.165) is 72.7 Å². The normalized spacial score (nSPS) is 18.1. The fourth-order valence-electron chi connectivity index (χ4n) is 7.25. The van der Waals surface area contributed by atoms with Gasteiger partial charge >= 0.3 is 0 Å². The van der Waals surface area contributed by atoms with Gasteiger partial charge < -0.3 is 5.32 Å². The van der Waals surface area contributed by atoms with E-state index >= 15 is 0 Å². The van der Waals surface area contributed by atoms with E-state index in [4.69, 9.17) is 4.98 Å². The molecule has 2 unspecified atom stereocenters. The Hall–Kier alpha value is -2.93. The minimum atomic E-state index is -0.189. The number of anilines is 1. The molecular formula is C38H46N4O2S3. The highest BCUT2D eigenvalue weighted by Gasteiger charge is 2.35. The van der Waals surface area contributed by atoms with Crippen LogP contribution in [0, 0.1) is 34.0 Å². The van der Waals surface area contributed by atoms with E-state index in [-0.39, 0.29) is 28.0 Å². The maximum absolute atomic E-state index is 14.3. The highest BCUT2D eigenvalue weighted by Crippen LogP contribution is 2.46. The van der Waals surface area contributed by atoms with Gasteiger partial charge in [0.2, 0.25) is 5.91 Å². The van der Waals surface area contributed by atoms with Gasteiger partial charge in [0.25, 0.3) is 5.56 Å². The fraction of sp³-hybridized carbons (Fsp3) is 0.526. The zero-order valence-electron chi connectivity index (χ0n) is 28.5. The van der Waals surface area contributed by atoms with Crippen LogP contribution in [0.4, 0.5) is 5.00 Å². The lowest BCUT2D eigenvalue weighted by molar-refractivity contribution is -0.113. The number of rotatable bonds is 10. The molecule has 248 valence electrons. The molecule has 1 aromatic carbocycles. The highest BCUT2D eigenvalue weighted by molar-refractivity contribution is 7.99. The van der Waals surface area contributed by atoms with Gasteiger partial charge in [-0.2, -0.15) is 5.26 Å². The Labute approximate surface area is 291 Å². The molecule has 4 aromatic rings. The van der Waals surface area contributed by atoms with Gasteiger partial charge in [-0.05, 0) is 77.9 Å². The second kappa shape index (κ2) is 13.5. The van der Waals surface area contributed by atoms with Crippen LogP contribution >= 0.6 is 34.4 Å². The molecule has 2 aliphatic carbocycles. The minimum absolute atomic E-state index is 0.0188. The number of benzene rings is 1. The predicted molar refractivity (Wildman–Crippen MR) is 197 cm³/mol. The summed E-state index contributed by atoms with van der Waals surface area (Å²) in [5, 5.41) is 15.1. The van der Waals surface area contributed by atoms with Crippen molar-refractivity contribution in [1.82, 2.24) is 9.55 Å². The van der Waals surface area contributed by atoms with Crippen LogP contribution in [0.3, 0.4) is 0 Å². The standard InChI is InChI=1S/C38H46N4O2S3/c1-7-37(3,4)24-14-16-26-28(20-39)33(46-29(26)18-24)40-31(43)22-45-36-41-34-32(35(44)42(36)21-23-12-10-9-11-13-23)27-17-15-25(19-30(27)47-34)38(5,6)8-2/h9-13,24-25H,7-8,14-19,21-22H2,1-6H3,(H,40,43). The van der Waals surface area contributed by atoms with E-state index in [1.165, 1.54) is 27.1 Å². The number of nitriles is 1. The molecule has 0 aliphatic heterocycles. The summed E-state index contributed by atoms with van der Waals surface area (Å²) in [6.07, 6.45) is 8.13. The van der Waals surface area contributed by atoms with Crippen molar-refractivity contribution >= 4 is 55.6 Å². The summed E-state index contributed by atoms with van der Waals surface area (Å²) in [4.78, 5) is 36.1. The number of nitrogens with one attached hydrogen (secondary N) is 1. The molecular weight excluding hydrogens is 641 g/mol. The van der Waals surface area contributed by atoms with E-state index in [0.29, 0.717) is 34.1 Å². The van der Waals surface area contributed by atoms with Crippen LogP contribution in [0.2, 0.25) is 0 Å². The number of aromatic nitrogens is 2. The Morgan fingerprint density at radius 3 is 2.23 bits per heavy atom. The number of carbonyl (C=O) groups excluding carboxylic acids is 1. The van der Waals surface area contributed by atoms with Gasteiger partial charge in [0.1, 0.15) is 15.9 Å². The topological polar surface area (TPSA) is 87.8 Å². The van der Waals surface area contributed by atoms with E-state index in [1.54, 1.807) is 27.2 Å². The Morgan fingerprint density at radius 1 is 1.00 bits per heavy atom. The number of thiophene rings is 2. The van der Waals surface area contributed by atoms with Gasteiger partial charge in [0.15, 0.2) is 5.16 Å². The first-order valence-electron chi connectivity index (χ1n) is 17.0. The van der Waals surface area contributed by atoms with Crippen molar-refractivity contribution in [3.05, 3.63) is 72.7 Å². The van der Waals surface area contributed by atoms with Crippen molar-refractivity contribution in [2.45, 2.75) is 105 Å². The smallest absolute Gasteiger partial charge is 0.263 e. The molecule has 0 radical (unpaired) electrons. The molecule has 0 bridgehead atoms. The third kappa shape index (κ3) is 6.71. The quantitative estimate of drug-likeness (QED) is 0.133. The number of amides is 1. The first-order valence-corrected chi connectivity index (χ1v) is 19.6. The molecule has 6 rings (SSSR count). The third-order valence-corrected chi connectivity index (χ3v) is 14.6. The van der Waals surface area contributed by atoms with Crippen molar-refractivity contribution in [2.75, 3.05) is 11.1 Å². The second-order valence-electron chi connectivity index (χ2n) is 14.7. The third-order valence-electron chi connectivity index (χ3n) is 11.3. The first kappa shape index (κ1) is 34.0. The Bertz CT molecular complexity index is 1890. The van der Waals surface area contributed by atoms with Crippen LogP contribution in [0.1, 0.15) is 99.2 Å². The van der Waals surface area contributed by atoms with Crippen molar-refractivity contribution in [3.8, 4) is 6.07 Å². The van der Waals surface area contributed by atoms with E-state index < -0.39 is 0 Å². The van der Waals surface area contributed by atoms with Gasteiger partial charge in [-0.25, -0.2) is 4.98 Å². The van der Waals surface area contributed by atoms with E-state index in [9.17, 15) is 14.9 Å². The molecule has 0 saturated heterocycles. The number of thioether (sulfide) groups is 1. The lowest BCUT2D eigenvalue weighted by Gasteiger charge is -2.36. The van der Waals surface area contributed by atoms with Crippen LogP contribution in [0.5, 0.6) is 0 Å². The maximum atomic E-state index is 14.3. The van der Waals surface area contributed by atoms with Gasteiger partial charge in [-0.3, -0.25) is 14.2 Å². The monoisotopic (exact) mass is 686 g/mol. The number of nitrogens with zero attached hydrogens (tertiary/aromatic N) is 3. The number of hydrogen-bond acceptors (Lipinski definition) is 7. The van der Waals surface area contributed by atoms with Crippen LogP contribution in [0.25, 0.3) is 10.2 Å². The average Bonchev–Trinajstić information content (AvgIpc) is 3.61. The lowest BCUT2D eigenvalue weighted by Crippen LogP contribution is -2.29. The van der Waals surface area contributed by atoms with Crippen molar-refractivity contribution < 1.29 is 4.79 Å². The van der Waals surface area contributed by atoms with Crippen molar-refractivity contribution in [2.24, 2.45) is 22.7 Å². The predicted octanol–water partition coefficient (Wildman–Crippen LogP) is 9.25. The SMILES string of the molecule is CCC(C)(C)C1CCc2c(sc(NC(=O)CSc3nc4sc5c(c4c(=O)n3Cc3ccccc3)CCC(C(C)(C)CC)C5)c2C#N)C1. The van der Waals surface area contributed by atoms with Gasteiger partial charge in [0.05, 0.1) is 23.2 Å². The summed E-state index contributed by atoms with van der Waals surface area (Å²) in [5.74, 6) is 1.07. The second-order valence-corrected chi connectivity index (χ2v) is 17.8. The fourth-order valence-corrected chi connectivity index (χ4v) is 10.7. The molecule has 9 heteroatoms. The summed E-state index contributed by atoms with van der Waals surface area (Å²) in [6.45, 7) is 14.3. The van der Waals surface area contributed by atoms with Gasteiger partial charge in [-0.15, -0.1) is 22.7 Å². The number of carbonyl (C=O) groups is 1. The molecule has 0 spiro atoms. The van der Waals surface area contributed by atoms with Crippen molar-refractivity contribution in [3.63, 3.8) is 0 Å². The molecule has 1 N–H and O–H groups in total. The van der Waals surface area contributed by atoms with E-state index in [2.05, 4.69) is 52.9 Å². The number of hydrogen-bond donors (Lipinski definition) is 1. The molecule has 3 heterocycles. The molecule has 2 atom stereocenters. The molecule has 6 nitrogen and oxygen atoms in total. The number of fused-ring (bicyclic) bond motifs is 4. The molecule has 2 aliphatic rings. The summed E-state index contributed by atoms with van der Waals surface area (Å²) in [6, 6.07) is 12.4. The molecule has 1 amide bonds. The highest BCUT2D eigenvalue weighted by atomic mass is 32.2. The van der Waals surface area contributed by atoms with E-state index in [1.807, 2.05) is 30.3 Å². The average molecular weight is 687 g/mol. The largest absolute Gasteiger partial charge is 0.316 e. The van der Waals surface area contributed by atoms with Crippen LogP contribution in [-0.2, 0) is 37.0 Å². The maximum Gasteiger partial charge on any atom is 0.263 e. The summed E-state index contributed by atoms with van der Waals surface area (Å²) >= 11 is 4.52. The Kier molecular flexibility index (Phi) is 9.77. The minimum Gasteiger partial charge on any atom is -0.316 e. The zero-order chi connectivity index (χ0) is 33.5. The first-order chi connectivity index (χ1) is 22.5. The molecule has 47 heavy (non-hydrogen) atoms. The summed E-state index contributed by atoms with van der Waals surface area (Å²) in [7, 11) is 0. The lowest BCUT2D eigenvalue weighted by atomic mass is 9.69. The molecule has 0 saturated carbocycles. The molecule has 3 aromatic heterocycles. The van der Waals surface area contributed by atoms with Gasteiger partial charge in [0, 0.05) is 9.75 Å². The van der Waals surface area contributed by atoms with Gasteiger partial charge in [-0.1, -0.05) is 96.5 Å². The Balaban J connectivity index is 1.27. The zero-order valence-corrected chi connectivity index (χ0v) is 30.9. The van der Waals surface area contributed by atoms with Crippen molar-refractivity contribution in [1.29, 1.82) is 5.26 Å². The summed E-state index contributed by atoms with van der Waals surface area (Å²) < 4.78 is 1.75. The van der Waals surface area contributed by atoms with Crippen LogP contribution in [0.15, 0.2) is 40.3 Å². The Morgan fingerprint density at radius 2 is 1.62 bits per heavy atom. The summed E-state index contributed by atoms with van der Waals surface area (Å²) in [5.41, 5.74) is 4.40.